The van der Waals surface area contributed by atoms with E-state index in [1.165, 1.54) is 13.2 Å². The third kappa shape index (κ3) is 7.54. The van der Waals surface area contributed by atoms with Gasteiger partial charge in [-0.2, -0.15) is 0 Å². The number of amides is 1. The van der Waals surface area contributed by atoms with E-state index in [4.69, 9.17) is 4.74 Å². The normalized spacial score (nSPS) is 12.8. The molecule has 0 saturated heterocycles. The second-order valence-electron chi connectivity index (χ2n) is 6.27. The number of methoxy groups -OCH3 is 1. The third-order valence-corrected chi connectivity index (χ3v) is 3.76. The predicted octanol–water partition coefficient (Wildman–Crippen LogP) is 4.28. The van der Waals surface area contributed by atoms with Crippen molar-refractivity contribution in [1.29, 1.82) is 0 Å². The second-order valence-corrected chi connectivity index (χ2v) is 6.27. The first kappa shape index (κ1) is 20.9. The molecule has 0 radical (unpaired) electrons. The number of alkyl halides is 2. The molecule has 0 aliphatic heterocycles. The van der Waals surface area contributed by atoms with Crippen LogP contribution in [0.5, 0.6) is 11.5 Å². The molecular formula is C19H27F2NO3. The van der Waals surface area contributed by atoms with Crippen LogP contribution < -0.4 is 10.1 Å². The van der Waals surface area contributed by atoms with Gasteiger partial charge in [-0.1, -0.05) is 32.1 Å². The zero-order valence-electron chi connectivity index (χ0n) is 15.0. The van der Waals surface area contributed by atoms with E-state index in [0.717, 1.165) is 0 Å². The number of nitrogens with one attached hydrogen (secondary N) is 1. The molecule has 1 aromatic carbocycles. The number of phenolic OH excluding ortho intramolecular Hbond substituents is 1. The van der Waals surface area contributed by atoms with Crippen molar-refractivity contribution in [2.45, 2.75) is 46.1 Å². The zero-order valence-corrected chi connectivity index (χ0v) is 15.0. The Bertz CT molecular complexity index is 574. The molecule has 0 aliphatic carbocycles. The number of carbonyl (C=O) groups excluding carboxylic acids is 1. The highest BCUT2D eigenvalue weighted by atomic mass is 19.3. The van der Waals surface area contributed by atoms with Crippen molar-refractivity contribution in [3.05, 3.63) is 35.9 Å². The van der Waals surface area contributed by atoms with Crippen molar-refractivity contribution in [2.24, 2.45) is 11.8 Å². The van der Waals surface area contributed by atoms with Crippen molar-refractivity contribution in [1.82, 2.24) is 5.32 Å². The number of halogens is 2. The van der Waals surface area contributed by atoms with Gasteiger partial charge in [-0.15, -0.1) is 0 Å². The Morgan fingerprint density at radius 3 is 2.68 bits per heavy atom. The quantitative estimate of drug-likeness (QED) is 0.486. The Balaban J connectivity index is 2.53. The first-order valence-electron chi connectivity index (χ1n) is 8.43. The average Bonchev–Trinajstić information content (AvgIpc) is 2.56. The number of benzene rings is 1. The first-order chi connectivity index (χ1) is 11.8. The van der Waals surface area contributed by atoms with Crippen LogP contribution in [0, 0.1) is 11.8 Å². The maximum Gasteiger partial charge on any atom is 0.250 e. The summed E-state index contributed by atoms with van der Waals surface area (Å²) in [5.74, 6) is -1.29. The Morgan fingerprint density at radius 1 is 1.36 bits per heavy atom. The maximum absolute atomic E-state index is 13.2. The lowest BCUT2D eigenvalue weighted by Gasteiger charge is -2.16. The molecule has 0 fully saturated rings. The van der Waals surface area contributed by atoms with Crippen molar-refractivity contribution < 1.29 is 23.4 Å². The Morgan fingerprint density at radius 2 is 2.08 bits per heavy atom. The van der Waals surface area contributed by atoms with E-state index in [9.17, 15) is 18.7 Å². The first-order valence-corrected chi connectivity index (χ1v) is 8.43. The lowest BCUT2D eigenvalue weighted by Crippen LogP contribution is -2.34. The largest absolute Gasteiger partial charge is 0.504 e. The van der Waals surface area contributed by atoms with Crippen molar-refractivity contribution in [3.8, 4) is 11.5 Å². The molecular weight excluding hydrogens is 328 g/mol. The molecule has 0 spiro atoms. The number of aromatic hydroxyl groups is 1. The molecule has 1 aromatic rings. The minimum Gasteiger partial charge on any atom is -0.504 e. The van der Waals surface area contributed by atoms with Crippen molar-refractivity contribution >= 4 is 5.91 Å². The molecule has 2 N–H and O–H groups in total. The SMILES string of the molecule is COc1cc(CNC(=O)C(CCC/C=C/C(C)C)C(F)F)ccc1O. The Hall–Kier alpha value is -2.11. The molecule has 1 rings (SSSR count). The van der Waals surface area contributed by atoms with Crippen molar-refractivity contribution in [2.75, 3.05) is 7.11 Å². The summed E-state index contributed by atoms with van der Waals surface area (Å²) in [6, 6.07) is 4.60. The maximum atomic E-state index is 13.2. The molecule has 0 saturated carbocycles. The van der Waals surface area contributed by atoms with Crippen LogP contribution in [0.2, 0.25) is 0 Å². The molecule has 0 aromatic heterocycles. The summed E-state index contributed by atoms with van der Waals surface area (Å²) in [7, 11) is 1.41. The third-order valence-electron chi connectivity index (χ3n) is 3.76. The fraction of sp³-hybridized carbons (Fsp3) is 0.526. The fourth-order valence-corrected chi connectivity index (χ4v) is 2.35. The van der Waals surface area contributed by atoms with E-state index in [1.807, 2.05) is 26.0 Å². The number of rotatable bonds is 10. The number of allylic oxidation sites excluding steroid dienone is 2. The Labute approximate surface area is 147 Å². The van der Waals surface area contributed by atoms with Gasteiger partial charge in [0.25, 0.3) is 0 Å². The molecule has 1 amide bonds. The summed E-state index contributed by atoms with van der Waals surface area (Å²) < 4.78 is 31.3. The number of ether oxygens (including phenoxy) is 1. The summed E-state index contributed by atoms with van der Waals surface area (Å²) in [5.41, 5.74) is 0.663. The van der Waals surface area contributed by atoms with E-state index in [1.54, 1.807) is 12.1 Å². The van der Waals surface area contributed by atoms with E-state index in [-0.39, 0.29) is 24.5 Å². The van der Waals surface area contributed by atoms with Crippen LogP contribution in [0.25, 0.3) is 0 Å². The van der Waals surface area contributed by atoms with Crippen LogP contribution >= 0.6 is 0 Å². The number of carbonyl (C=O) groups is 1. The standard InChI is InChI=1S/C19H27F2NO3/c1-13(2)7-5-4-6-8-15(18(20)21)19(24)22-12-14-9-10-16(23)17(11-14)25-3/h5,7,9-11,13,15,18,23H,4,6,8,12H2,1-3H3,(H,22,24)/b7-5+. The van der Waals surface area contributed by atoms with E-state index < -0.39 is 18.3 Å². The van der Waals surface area contributed by atoms with E-state index >= 15 is 0 Å². The zero-order chi connectivity index (χ0) is 18.8. The van der Waals surface area contributed by atoms with Gasteiger partial charge in [-0.05, 0) is 42.9 Å². The molecule has 4 nitrogen and oxygen atoms in total. The molecule has 1 unspecified atom stereocenters. The van der Waals surface area contributed by atoms with Gasteiger partial charge in [-0.25, -0.2) is 8.78 Å². The van der Waals surface area contributed by atoms with Gasteiger partial charge in [0.1, 0.15) is 0 Å². The van der Waals surface area contributed by atoms with Gasteiger partial charge in [0.05, 0.1) is 13.0 Å². The highest BCUT2D eigenvalue weighted by Crippen LogP contribution is 2.26. The number of unbranched alkanes of at least 4 members (excludes halogenated alkanes) is 1. The van der Waals surface area contributed by atoms with Crippen LogP contribution in [0.15, 0.2) is 30.4 Å². The lowest BCUT2D eigenvalue weighted by molar-refractivity contribution is -0.130. The molecule has 6 heteroatoms. The van der Waals surface area contributed by atoms with Gasteiger partial charge >= 0.3 is 0 Å². The van der Waals surface area contributed by atoms with Crippen LogP contribution in [0.4, 0.5) is 8.78 Å². The van der Waals surface area contributed by atoms with E-state index in [2.05, 4.69) is 5.32 Å². The lowest BCUT2D eigenvalue weighted by atomic mass is 10.0. The van der Waals surface area contributed by atoms with Gasteiger partial charge in [0, 0.05) is 6.54 Å². The summed E-state index contributed by atoms with van der Waals surface area (Å²) >= 11 is 0. The minimum atomic E-state index is -2.69. The van der Waals surface area contributed by atoms with E-state index in [0.29, 0.717) is 24.3 Å². The van der Waals surface area contributed by atoms with Gasteiger partial charge in [-0.3, -0.25) is 4.79 Å². The number of hydrogen-bond donors (Lipinski definition) is 2. The summed E-state index contributed by atoms with van der Waals surface area (Å²) in [6.45, 7) is 4.19. The highest BCUT2D eigenvalue weighted by molar-refractivity contribution is 5.79. The average molecular weight is 355 g/mol. The van der Waals surface area contributed by atoms with Crippen LogP contribution in [0.3, 0.4) is 0 Å². The monoisotopic (exact) mass is 355 g/mol. The van der Waals surface area contributed by atoms with Crippen LogP contribution in [-0.2, 0) is 11.3 Å². The fourth-order valence-electron chi connectivity index (χ4n) is 2.35. The number of hydrogen-bond acceptors (Lipinski definition) is 3. The molecule has 140 valence electrons. The van der Waals surface area contributed by atoms with Crippen LogP contribution in [-0.4, -0.2) is 24.5 Å². The Kier molecular flexibility index (Phi) is 8.95. The smallest absolute Gasteiger partial charge is 0.250 e. The molecule has 0 heterocycles. The highest BCUT2D eigenvalue weighted by Gasteiger charge is 2.27. The minimum absolute atomic E-state index is 0.0162. The second kappa shape index (κ2) is 10.7. The summed E-state index contributed by atoms with van der Waals surface area (Å²) in [6.07, 6.45) is 2.67. The van der Waals surface area contributed by atoms with Crippen LogP contribution in [0.1, 0.15) is 38.7 Å². The van der Waals surface area contributed by atoms with Gasteiger partial charge < -0.3 is 15.2 Å². The van der Waals surface area contributed by atoms with Gasteiger partial charge in [0.2, 0.25) is 12.3 Å². The summed E-state index contributed by atoms with van der Waals surface area (Å²) in [4.78, 5) is 12.1. The van der Waals surface area contributed by atoms with Crippen molar-refractivity contribution in [3.63, 3.8) is 0 Å². The van der Waals surface area contributed by atoms with Gasteiger partial charge in [0.15, 0.2) is 11.5 Å². The number of phenols is 1. The molecule has 1 atom stereocenters. The molecule has 0 aliphatic rings. The molecule has 0 bridgehead atoms. The molecule has 25 heavy (non-hydrogen) atoms. The predicted molar refractivity (Wildman–Crippen MR) is 93.8 cm³/mol. The summed E-state index contributed by atoms with van der Waals surface area (Å²) in [5, 5.41) is 12.1. The topological polar surface area (TPSA) is 58.6 Å².